The zero-order valence-electron chi connectivity index (χ0n) is 8.21. The summed E-state index contributed by atoms with van der Waals surface area (Å²) in [6.45, 7) is 2.74. The third kappa shape index (κ3) is 2.78. The third-order valence-corrected chi connectivity index (χ3v) is 5.15. The van der Waals surface area contributed by atoms with E-state index < -0.39 is 0 Å². The summed E-state index contributed by atoms with van der Waals surface area (Å²) >= 11 is 4.91. The van der Waals surface area contributed by atoms with Gasteiger partial charge in [0.15, 0.2) is 4.34 Å². The van der Waals surface area contributed by atoms with Crippen LogP contribution < -0.4 is 5.73 Å². The van der Waals surface area contributed by atoms with Crippen LogP contribution in [0.15, 0.2) is 22.8 Å². The molecule has 0 spiro atoms. The van der Waals surface area contributed by atoms with Crippen molar-refractivity contribution in [1.29, 1.82) is 0 Å². The molecule has 0 saturated heterocycles. The molecule has 1 unspecified atom stereocenters. The molecule has 0 aliphatic carbocycles. The molecule has 0 fully saturated rings. The van der Waals surface area contributed by atoms with Gasteiger partial charge < -0.3 is 5.73 Å². The highest BCUT2D eigenvalue weighted by Gasteiger charge is 2.14. The van der Waals surface area contributed by atoms with Gasteiger partial charge >= 0.3 is 0 Å². The van der Waals surface area contributed by atoms with Gasteiger partial charge in [-0.3, -0.25) is 0 Å². The lowest BCUT2D eigenvalue weighted by Crippen LogP contribution is -2.07. The van der Waals surface area contributed by atoms with Gasteiger partial charge in [-0.2, -0.15) is 4.37 Å². The summed E-state index contributed by atoms with van der Waals surface area (Å²) < 4.78 is 4.96. The van der Waals surface area contributed by atoms with E-state index in [4.69, 9.17) is 5.73 Å². The van der Waals surface area contributed by atoms with Crippen LogP contribution >= 0.6 is 34.6 Å². The number of thiophene rings is 1. The second-order valence-electron chi connectivity index (χ2n) is 3.00. The monoisotopic (exact) mass is 257 g/mol. The standard InChI is InChI=1S/C9H11N3S3/c1-6-2-3-7(13-6)8(4-10)14-9-11-5-12-15-9/h2-3,5,8H,4,10H2,1H3. The van der Waals surface area contributed by atoms with Crippen LogP contribution in [-0.2, 0) is 0 Å². The highest BCUT2D eigenvalue weighted by molar-refractivity contribution is 8.01. The van der Waals surface area contributed by atoms with E-state index in [1.54, 1.807) is 29.4 Å². The van der Waals surface area contributed by atoms with Gasteiger partial charge in [0.1, 0.15) is 6.33 Å². The predicted octanol–water partition coefficient (Wildman–Crippen LogP) is 2.70. The van der Waals surface area contributed by atoms with Gasteiger partial charge in [-0.05, 0) is 30.6 Å². The van der Waals surface area contributed by atoms with Crippen molar-refractivity contribution in [2.24, 2.45) is 5.73 Å². The lowest BCUT2D eigenvalue weighted by molar-refractivity contribution is 0.958. The molecular weight excluding hydrogens is 246 g/mol. The first-order chi connectivity index (χ1) is 7.29. The Bertz CT molecular complexity index is 410. The topological polar surface area (TPSA) is 51.8 Å². The molecule has 0 amide bonds. The fourth-order valence-corrected chi connectivity index (χ4v) is 3.92. The molecule has 2 N–H and O–H groups in total. The maximum atomic E-state index is 5.77. The van der Waals surface area contributed by atoms with Gasteiger partial charge in [-0.15, -0.1) is 11.3 Å². The fraction of sp³-hybridized carbons (Fsp3) is 0.333. The Labute approximate surface area is 101 Å². The summed E-state index contributed by atoms with van der Waals surface area (Å²) in [7, 11) is 0. The number of thioether (sulfide) groups is 1. The van der Waals surface area contributed by atoms with E-state index in [9.17, 15) is 0 Å². The SMILES string of the molecule is Cc1ccc(C(CN)Sc2ncns2)s1. The van der Waals surface area contributed by atoms with Crippen LogP contribution in [0.2, 0.25) is 0 Å². The molecule has 0 bridgehead atoms. The number of nitrogens with two attached hydrogens (primary N) is 1. The number of hydrogen-bond acceptors (Lipinski definition) is 6. The molecule has 0 aromatic carbocycles. The van der Waals surface area contributed by atoms with Crippen LogP contribution in [0.25, 0.3) is 0 Å². The Kier molecular flexibility index (Phi) is 3.74. The van der Waals surface area contributed by atoms with Crippen molar-refractivity contribution >= 4 is 34.6 Å². The van der Waals surface area contributed by atoms with Gasteiger partial charge in [0.25, 0.3) is 0 Å². The lowest BCUT2D eigenvalue weighted by Gasteiger charge is -2.09. The molecular formula is C9H11N3S3. The van der Waals surface area contributed by atoms with E-state index in [1.807, 2.05) is 0 Å². The first-order valence-corrected chi connectivity index (χ1v) is 6.96. The minimum atomic E-state index is 0.302. The van der Waals surface area contributed by atoms with Crippen molar-refractivity contribution in [2.45, 2.75) is 16.5 Å². The fourth-order valence-electron chi connectivity index (χ4n) is 1.19. The molecule has 0 aliphatic rings. The van der Waals surface area contributed by atoms with Crippen molar-refractivity contribution in [1.82, 2.24) is 9.36 Å². The van der Waals surface area contributed by atoms with Crippen molar-refractivity contribution in [2.75, 3.05) is 6.54 Å². The second-order valence-corrected chi connectivity index (χ2v) is 6.55. The Morgan fingerprint density at radius 2 is 2.40 bits per heavy atom. The zero-order chi connectivity index (χ0) is 10.7. The van der Waals surface area contributed by atoms with E-state index in [0.717, 1.165) is 4.34 Å². The molecule has 0 radical (unpaired) electrons. The smallest absolute Gasteiger partial charge is 0.170 e. The Morgan fingerprint density at radius 1 is 1.53 bits per heavy atom. The van der Waals surface area contributed by atoms with Crippen LogP contribution in [0.5, 0.6) is 0 Å². The maximum absolute atomic E-state index is 5.77. The van der Waals surface area contributed by atoms with Gasteiger partial charge in [0.05, 0.1) is 5.25 Å². The Morgan fingerprint density at radius 3 is 2.93 bits per heavy atom. The molecule has 3 nitrogen and oxygen atoms in total. The van der Waals surface area contributed by atoms with Gasteiger partial charge in [-0.25, -0.2) is 4.98 Å². The molecule has 2 aromatic rings. The van der Waals surface area contributed by atoms with Crippen LogP contribution in [0, 0.1) is 6.92 Å². The van der Waals surface area contributed by atoms with Gasteiger partial charge in [0.2, 0.25) is 0 Å². The summed E-state index contributed by atoms with van der Waals surface area (Å²) in [6, 6.07) is 4.27. The molecule has 80 valence electrons. The average molecular weight is 257 g/mol. The summed E-state index contributed by atoms with van der Waals surface area (Å²) in [5.41, 5.74) is 5.77. The largest absolute Gasteiger partial charge is 0.329 e. The van der Waals surface area contributed by atoms with E-state index in [2.05, 4.69) is 28.4 Å². The molecule has 2 aromatic heterocycles. The number of rotatable bonds is 4. The summed E-state index contributed by atoms with van der Waals surface area (Å²) in [5, 5.41) is 0.302. The second kappa shape index (κ2) is 5.07. The van der Waals surface area contributed by atoms with Crippen LogP contribution in [0.4, 0.5) is 0 Å². The highest BCUT2D eigenvalue weighted by atomic mass is 32.2. The van der Waals surface area contributed by atoms with Gasteiger partial charge in [0, 0.05) is 16.3 Å². The van der Waals surface area contributed by atoms with Crippen molar-refractivity contribution in [3.8, 4) is 0 Å². The molecule has 0 aliphatic heterocycles. The normalized spacial score (nSPS) is 12.9. The van der Waals surface area contributed by atoms with E-state index in [0.29, 0.717) is 11.8 Å². The Balaban J connectivity index is 2.11. The Hall–Kier alpha value is -0.430. The lowest BCUT2D eigenvalue weighted by atomic mass is 10.3. The van der Waals surface area contributed by atoms with Crippen LogP contribution in [0.3, 0.4) is 0 Å². The highest BCUT2D eigenvalue weighted by Crippen LogP contribution is 2.37. The summed E-state index contributed by atoms with van der Waals surface area (Å²) in [5.74, 6) is 0. The molecule has 2 heterocycles. The van der Waals surface area contributed by atoms with E-state index in [-0.39, 0.29) is 0 Å². The van der Waals surface area contributed by atoms with Crippen molar-refractivity contribution in [3.63, 3.8) is 0 Å². The predicted molar refractivity (Wildman–Crippen MR) is 66.6 cm³/mol. The first-order valence-electron chi connectivity index (χ1n) is 4.49. The van der Waals surface area contributed by atoms with Crippen molar-refractivity contribution in [3.05, 3.63) is 28.2 Å². The van der Waals surface area contributed by atoms with Gasteiger partial charge in [-0.1, -0.05) is 11.8 Å². The molecule has 0 saturated carbocycles. The zero-order valence-corrected chi connectivity index (χ0v) is 10.7. The minimum Gasteiger partial charge on any atom is -0.329 e. The summed E-state index contributed by atoms with van der Waals surface area (Å²) in [6.07, 6.45) is 1.58. The minimum absolute atomic E-state index is 0.302. The number of hydrogen-bond donors (Lipinski definition) is 1. The average Bonchev–Trinajstić information content (AvgIpc) is 2.85. The molecule has 6 heteroatoms. The van der Waals surface area contributed by atoms with E-state index in [1.165, 1.54) is 21.3 Å². The molecule has 15 heavy (non-hydrogen) atoms. The molecule has 1 atom stereocenters. The molecule has 2 rings (SSSR count). The quantitative estimate of drug-likeness (QED) is 0.856. The van der Waals surface area contributed by atoms with Crippen molar-refractivity contribution < 1.29 is 0 Å². The first kappa shape index (κ1) is 11.1. The number of nitrogens with zero attached hydrogens (tertiary/aromatic N) is 2. The number of aromatic nitrogens is 2. The maximum Gasteiger partial charge on any atom is 0.170 e. The van der Waals surface area contributed by atoms with Crippen LogP contribution in [0.1, 0.15) is 15.0 Å². The van der Waals surface area contributed by atoms with E-state index >= 15 is 0 Å². The van der Waals surface area contributed by atoms with Crippen LogP contribution in [-0.4, -0.2) is 15.9 Å². The summed E-state index contributed by atoms with van der Waals surface area (Å²) in [4.78, 5) is 6.79. The third-order valence-electron chi connectivity index (χ3n) is 1.88. The number of aryl methyl sites for hydroxylation is 1.